The monoisotopic (exact) mass is 483 g/mol. The summed E-state index contributed by atoms with van der Waals surface area (Å²) in [5, 5.41) is 2.23. The molecule has 11 heteroatoms. The second kappa shape index (κ2) is 9.48. The summed E-state index contributed by atoms with van der Waals surface area (Å²) in [6.07, 6.45) is -5.54. The summed E-state index contributed by atoms with van der Waals surface area (Å²) in [5.41, 5.74) is -0.851. The maximum Gasteiger partial charge on any atom is 0.418 e. The van der Waals surface area contributed by atoms with E-state index in [4.69, 9.17) is 21.1 Å². The van der Waals surface area contributed by atoms with Crippen LogP contribution in [0, 0.1) is 0 Å². The van der Waals surface area contributed by atoms with E-state index in [1.807, 2.05) is 0 Å². The van der Waals surface area contributed by atoms with Crippen molar-refractivity contribution >= 4 is 34.8 Å². The fourth-order valence-corrected chi connectivity index (χ4v) is 3.97. The van der Waals surface area contributed by atoms with Crippen molar-refractivity contribution in [1.82, 2.24) is 4.90 Å². The third kappa shape index (κ3) is 5.33. The molecular formula is C22H21ClF3N3O4. The molecule has 0 bridgehead atoms. The van der Waals surface area contributed by atoms with E-state index in [0.717, 1.165) is 12.1 Å². The third-order valence-electron chi connectivity index (χ3n) is 5.36. The van der Waals surface area contributed by atoms with Gasteiger partial charge >= 0.3 is 6.18 Å². The molecule has 0 spiro atoms. The molecule has 2 aliphatic rings. The quantitative estimate of drug-likeness (QED) is 0.721. The first-order valence-corrected chi connectivity index (χ1v) is 10.6. The van der Waals surface area contributed by atoms with E-state index in [0.29, 0.717) is 37.7 Å². The number of amides is 2. The average Bonchev–Trinajstić information content (AvgIpc) is 2.79. The predicted octanol–water partition coefficient (Wildman–Crippen LogP) is 3.42. The summed E-state index contributed by atoms with van der Waals surface area (Å²) >= 11 is 5.70. The number of hydrogen-bond acceptors (Lipinski definition) is 5. The van der Waals surface area contributed by atoms with Crippen molar-refractivity contribution in [2.24, 2.45) is 0 Å². The fourth-order valence-electron chi connectivity index (χ4n) is 3.80. The summed E-state index contributed by atoms with van der Waals surface area (Å²) in [7, 11) is 0. The molecule has 2 heterocycles. The second-order valence-electron chi connectivity index (χ2n) is 7.63. The van der Waals surface area contributed by atoms with E-state index in [-0.39, 0.29) is 29.7 Å². The van der Waals surface area contributed by atoms with Crippen molar-refractivity contribution in [1.29, 1.82) is 0 Å². The van der Waals surface area contributed by atoms with E-state index in [9.17, 15) is 22.8 Å². The van der Waals surface area contributed by atoms with Crippen LogP contribution in [0.1, 0.15) is 5.56 Å². The Balaban J connectivity index is 1.52. The number of halogens is 4. The van der Waals surface area contributed by atoms with Gasteiger partial charge in [-0.05, 0) is 30.3 Å². The topological polar surface area (TPSA) is 71.1 Å². The van der Waals surface area contributed by atoms with Gasteiger partial charge in [0.05, 0.1) is 43.2 Å². The van der Waals surface area contributed by atoms with Crippen LogP contribution < -0.4 is 15.0 Å². The van der Waals surface area contributed by atoms with Crippen LogP contribution in [0.4, 0.5) is 24.5 Å². The molecule has 1 fully saturated rings. The first kappa shape index (κ1) is 23.2. The highest BCUT2D eigenvalue weighted by atomic mass is 35.5. The van der Waals surface area contributed by atoms with Gasteiger partial charge in [-0.3, -0.25) is 9.59 Å². The van der Waals surface area contributed by atoms with E-state index in [2.05, 4.69) is 5.32 Å². The number of rotatable bonds is 4. The zero-order valence-corrected chi connectivity index (χ0v) is 18.2. The SMILES string of the molecule is O=C(CN1C[C@@H](C(=O)N2CCOCC2)Oc2ccccc21)Nc1ccc(Cl)cc1C(F)(F)F. The molecule has 0 unspecified atom stereocenters. The molecule has 0 aliphatic carbocycles. The average molecular weight is 484 g/mol. The molecule has 0 aromatic heterocycles. The summed E-state index contributed by atoms with van der Waals surface area (Å²) in [6, 6.07) is 10.0. The molecule has 176 valence electrons. The Bertz CT molecular complexity index is 1040. The largest absolute Gasteiger partial charge is 0.477 e. The molecule has 2 aromatic rings. The van der Waals surface area contributed by atoms with E-state index in [1.54, 1.807) is 34.1 Å². The normalized spacial score (nSPS) is 18.4. The highest BCUT2D eigenvalue weighted by Gasteiger charge is 2.36. The highest BCUT2D eigenvalue weighted by molar-refractivity contribution is 6.30. The number of fused-ring (bicyclic) bond motifs is 1. The minimum Gasteiger partial charge on any atom is -0.477 e. The zero-order valence-electron chi connectivity index (χ0n) is 17.4. The van der Waals surface area contributed by atoms with Crippen LogP contribution in [0.25, 0.3) is 0 Å². The van der Waals surface area contributed by atoms with Crippen LogP contribution in [0.15, 0.2) is 42.5 Å². The van der Waals surface area contributed by atoms with Gasteiger partial charge in [0.25, 0.3) is 5.91 Å². The Labute approximate surface area is 193 Å². The van der Waals surface area contributed by atoms with Crippen LogP contribution in [-0.4, -0.2) is 62.2 Å². The number of hydrogen-bond donors (Lipinski definition) is 1. The van der Waals surface area contributed by atoms with Gasteiger partial charge in [-0.2, -0.15) is 13.2 Å². The van der Waals surface area contributed by atoms with Gasteiger partial charge in [-0.25, -0.2) is 0 Å². The van der Waals surface area contributed by atoms with E-state index < -0.39 is 23.8 Å². The van der Waals surface area contributed by atoms with Crippen LogP contribution in [0.5, 0.6) is 5.75 Å². The Morgan fingerprint density at radius 1 is 1.12 bits per heavy atom. The van der Waals surface area contributed by atoms with Crippen molar-refractivity contribution in [3.8, 4) is 5.75 Å². The van der Waals surface area contributed by atoms with Gasteiger partial charge < -0.3 is 24.6 Å². The van der Waals surface area contributed by atoms with E-state index >= 15 is 0 Å². The maximum atomic E-state index is 13.4. The number of nitrogens with one attached hydrogen (secondary N) is 1. The molecule has 2 aliphatic heterocycles. The predicted molar refractivity (Wildman–Crippen MR) is 116 cm³/mol. The van der Waals surface area contributed by atoms with Crippen LogP contribution in [0.3, 0.4) is 0 Å². The Kier molecular flexibility index (Phi) is 6.66. The van der Waals surface area contributed by atoms with Gasteiger partial charge in [-0.15, -0.1) is 0 Å². The summed E-state index contributed by atoms with van der Waals surface area (Å²) in [4.78, 5) is 28.9. The number of nitrogens with zero attached hydrogens (tertiary/aromatic N) is 2. The molecule has 1 saturated heterocycles. The van der Waals surface area contributed by atoms with Crippen molar-refractivity contribution in [3.63, 3.8) is 0 Å². The lowest BCUT2D eigenvalue weighted by Crippen LogP contribution is -2.53. The molecule has 0 saturated carbocycles. The summed E-state index contributed by atoms with van der Waals surface area (Å²) in [6.45, 7) is 1.56. The van der Waals surface area contributed by atoms with Gasteiger partial charge in [0.2, 0.25) is 5.91 Å². The van der Waals surface area contributed by atoms with Gasteiger partial charge in [0.15, 0.2) is 6.10 Å². The molecule has 1 atom stereocenters. The Hall–Kier alpha value is -2.98. The number of para-hydroxylation sites is 2. The maximum absolute atomic E-state index is 13.4. The molecular weight excluding hydrogens is 463 g/mol. The first-order valence-electron chi connectivity index (χ1n) is 10.3. The Morgan fingerprint density at radius 3 is 2.58 bits per heavy atom. The van der Waals surface area contributed by atoms with Gasteiger partial charge in [0.1, 0.15) is 5.75 Å². The highest BCUT2D eigenvalue weighted by Crippen LogP contribution is 2.37. The standard InChI is InChI=1S/C22H21ClF3N3O4/c23-14-5-6-16(15(11-14)22(24,25)26)27-20(30)13-29-12-19(21(31)28-7-9-32-10-8-28)33-18-4-2-1-3-17(18)29/h1-6,11,19H,7-10,12-13H2,(H,27,30)/t19-/m0/s1. The minimum absolute atomic E-state index is 0.0768. The van der Waals surface area contributed by atoms with Crippen molar-refractivity contribution in [3.05, 3.63) is 53.1 Å². The first-order chi connectivity index (χ1) is 15.7. The number of ether oxygens (including phenoxy) is 2. The number of morpholine rings is 1. The van der Waals surface area contributed by atoms with E-state index in [1.165, 1.54) is 6.07 Å². The third-order valence-corrected chi connectivity index (χ3v) is 5.59. The molecule has 2 amide bonds. The lowest BCUT2D eigenvalue weighted by molar-refractivity contribution is -0.142. The number of carbonyl (C=O) groups excluding carboxylic acids is 2. The number of benzene rings is 2. The molecule has 7 nitrogen and oxygen atoms in total. The van der Waals surface area contributed by atoms with Crippen LogP contribution in [-0.2, 0) is 20.5 Å². The smallest absolute Gasteiger partial charge is 0.418 e. The van der Waals surface area contributed by atoms with Crippen LogP contribution >= 0.6 is 11.6 Å². The Morgan fingerprint density at radius 2 is 1.85 bits per heavy atom. The minimum atomic E-state index is -4.69. The fraction of sp³-hybridized carbons (Fsp3) is 0.364. The summed E-state index contributed by atoms with van der Waals surface area (Å²) in [5.74, 6) is -0.474. The molecule has 2 aromatic carbocycles. The van der Waals surface area contributed by atoms with Crippen molar-refractivity contribution in [2.45, 2.75) is 12.3 Å². The summed E-state index contributed by atoms with van der Waals surface area (Å²) < 4.78 is 51.3. The molecule has 33 heavy (non-hydrogen) atoms. The number of anilines is 2. The van der Waals surface area contributed by atoms with Gasteiger partial charge in [-0.1, -0.05) is 23.7 Å². The number of carbonyl (C=O) groups is 2. The molecule has 0 radical (unpaired) electrons. The second-order valence-corrected chi connectivity index (χ2v) is 8.06. The van der Waals surface area contributed by atoms with Crippen molar-refractivity contribution < 1.29 is 32.2 Å². The van der Waals surface area contributed by atoms with Crippen LogP contribution in [0.2, 0.25) is 5.02 Å². The molecule has 1 N–H and O–H groups in total. The van der Waals surface area contributed by atoms with Crippen molar-refractivity contribution in [2.75, 3.05) is 49.6 Å². The number of alkyl halides is 3. The lowest BCUT2D eigenvalue weighted by Gasteiger charge is -2.38. The zero-order chi connectivity index (χ0) is 23.6. The van der Waals surface area contributed by atoms with Gasteiger partial charge in [0, 0.05) is 18.1 Å². The molecule has 4 rings (SSSR count). The lowest BCUT2D eigenvalue weighted by atomic mass is 10.1.